The number of carbonyl (C=O) groups is 1. The van der Waals surface area contributed by atoms with Crippen LogP contribution >= 0.6 is 0 Å². The van der Waals surface area contributed by atoms with Crippen molar-refractivity contribution in [2.45, 2.75) is 64.7 Å². The van der Waals surface area contributed by atoms with Gasteiger partial charge in [-0.1, -0.05) is 31.8 Å². The number of allylic oxidation sites excluding steroid dienone is 2. The van der Waals surface area contributed by atoms with Crippen LogP contribution in [0.15, 0.2) is 11.6 Å². The average Bonchev–Trinajstić information content (AvgIpc) is 2.54. The number of hydrogen-bond acceptors (Lipinski definition) is 1. The van der Waals surface area contributed by atoms with Crippen molar-refractivity contribution < 1.29 is 4.79 Å². The average molecular weight is 220 g/mol. The van der Waals surface area contributed by atoms with Gasteiger partial charge in [-0.15, -0.1) is 0 Å². The molecule has 0 aromatic rings. The van der Waals surface area contributed by atoms with Crippen molar-refractivity contribution in [3.63, 3.8) is 0 Å². The lowest BCUT2D eigenvalue weighted by Gasteiger charge is -2.30. The van der Waals surface area contributed by atoms with Crippen LogP contribution in [0.4, 0.5) is 0 Å². The summed E-state index contributed by atoms with van der Waals surface area (Å²) >= 11 is 0. The van der Waals surface area contributed by atoms with E-state index < -0.39 is 0 Å². The lowest BCUT2D eigenvalue weighted by Crippen LogP contribution is -2.17. The molecular weight excluding hydrogens is 196 g/mol. The first-order chi connectivity index (χ1) is 7.79. The van der Waals surface area contributed by atoms with Crippen molar-refractivity contribution in [3.05, 3.63) is 11.6 Å². The van der Waals surface area contributed by atoms with Crippen LogP contribution < -0.4 is 0 Å². The molecule has 0 aromatic carbocycles. The molecule has 1 nitrogen and oxygen atoms in total. The number of ketones is 1. The van der Waals surface area contributed by atoms with E-state index in [0.717, 1.165) is 24.7 Å². The Morgan fingerprint density at radius 1 is 1.19 bits per heavy atom. The van der Waals surface area contributed by atoms with Gasteiger partial charge in [0.05, 0.1) is 0 Å². The zero-order valence-corrected chi connectivity index (χ0v) is 10.5. The molecule has 0 aliphatic heterocycles. The van der Waals surface area contributed by atoms with Crippen LogP contribution in [-0.4, -0.2) is 5.78 Å². The smallest absolute Gasteiger partial charge is 0.155 e. The van der Waals surface area contributed by atoms with E-state index in [1.54, 1.807) is 0 Å². The monoisotopic (exact) mass is 220 g/mol. The van der Waals surface area contributed by atoms with Gasteiger partial charge in [-0.05, 0) is 50.0 Å². The van der Waals surface area contributed by atoms with Crippen LogP contribution in [-0.2, 0) is 4.79 Å². The molecule has 1 saturated carbocycles. The molecule has 2 atom stereocenters. The van der Waals surface area contributed by atoms with Crippen LogP contribution in [0.2, 0.25) is 0 Å². The fourth-order valence-corrected chi connectivity index (χ4v) is 3.30. The maximum atomic E-state index is 11.6. The SMILES string of the molecule is CCC1CCCC(C2=CC(=O)CCCC2)C1. The zero-order valence-electron chi connectivity index (χ0n) is 10.5. The predicted molar refractivity (Wildman–Crippen MR) is 67.3 cm³/mol. The van der Waals surface area contributed by atoms with E-state index in [4.69, 9.17) is 0 Å². The number of hydrogen-bond donors (Lipinski definition) is 0. The molecule has 2 aliphatic carbocycles. The molecule has 0 spiro atoms. The highest BCUT2D eigenvalue weighted by Gasteiger charge is 2.24. The van der Waals surface area contributed by atoms with Gasteiger partial charge in [0.25, 0.3) is 0 Å². The molecule has 2 aliphatic rings. The third-order valence-electron chi connectivity index (χ3n) is 4.37. The summed E-state index contributed by atoms with van der Waals surface area (Å²) in [4.78, 5) is 11.6. The van der Waals surface area contributed by atoms with Crippen molar-refractivity contribution in [3.8, 4) is 0 Å². The highest BCUT2D eigenvalue weighted by atomic mass is 16.1. The second-order valence-electron chi connectivity index (χ2n) is 5.53. The lowest BCUT2D eigenvalue weighted by atomic mass is 9.76. The second kappa shape index (κ2) is 5.65. The van der Waals surface area contributed by atoms with Gasteiger partial charge < -0.3 is 0 Å². The summed E-state index contributed by atoms with van der Waals surface area (Å²) in [6.45, 7) is 2.31. The van der Waals surface area contributed by atoms with Crippen LogP contribution in [0.5, 0.6) is 0 Å². The van der Waals surface area contributed by atoms with E-state index in [-0.39, 0.29) is 0 Å². The van der Waals surface area contributed by atoms with Gasteiger partial charge in [-0.3, -0.25) is 4.79 Å². The van der Waals surface area contributed by atoms with Crippen molar-refractivity contribution >= 4 is 5.78 Å². The summed E-state index contributed by atoms with van der Waals surface area (Å²) < 4.78 is 0. The van der Waals surface area contributed by atoms with Crippen molar-refractivity contribution in [1.82, 2.24) is 0 Å². The van der Waals surface area contributed by atoms with E-state index >= 15 is 0 Å². The Morgan fingerprint density at radius 3 is 2.81 bits per heavy atom. The Balaban J connectivity index is 2.01. The zero-order chi connectivity index (χ0) is 11.4. The first kappa shape index (κ1) is 11.9. The van der Waals surface area contributed by atoms with Gasteiger partial charge in [0.1, 0.15) is 0 Å². The minimum absolute atomic E-state index is 0.381. The molecule has 90 valence electrons. The van der Waals surface area contributed by atoms with Crippen LogP contribution in [0.1, 0.15) is 64.7 Å². The molecule has 1 heteroatoms. The Kier molecular flexibility index (Phi) is 4.20. The summed E-state index contributed by atoms with van der Waals surface area (Å²) in [7, 11) is 0. The molecular formula is C15H24O. The third kappa shape index (κ3) is 2.96. The fraction of sp³-hybridized carbons (Fsp3) is 0.800. The van der Waals surface area contributed by atoms with Gasteiger partial charge in [0, 0.05) is 6.42 Å². The van der Waals surface area contributed by atoms with E-state index in [0.29, 0.717) is 5.78 Å². The molecule has 16 heavy (non-hydrogen) atoms. The molecule has 0 saturated heterocycles. The Bertz CT molecular complexity index is 277. The summed E-state index contributed by atoms with van der Waals surface area (Å²) in [6, 6.07) is 0. The molecule has 0 amide bonds. The topological polar surface area (TPSA) is 17.1 Å². The third-order valence-corrected chi connectivity index (χ3v) is 4.37. The van der Waals surface area contributed by atoms with E-state index in [2.05, 4.69) is 6.92 Å². The molecule has 1 fully saturated rings. The highest BCUT2D eigenvalue weighted by molar-refractivity contribution is 5.90. The summed E-state index contributed by atoms with van der Waals surface area (Å²) in [5, 5.41) is 0. The standard InChI is InChI=1S/C15H24O/c1-2-12-6-5-8-13(10-12)14-7-3-4-9-15(16)11-14/h11-13H,2-10H2,1H3. The number of rotatable bonds is 2. The van der Waals surface area contributed by atoms with E-state index in [9.17, 15) is 4.79 Å². The molecule has 2 rings (SSSR count). The van der Waals surface area contributed by atoms with E-state index in [1.165, 1.54) is 50.5 Å². The van der Waals surface area contributed by atoms with Crippen LogP contribution in [0.25, 0.3) is 0 Å². The quantitative estimate of drug-likeness (QED) is 0.679. The summed E-state index contributed by atoms with van der Waals surface area (Å²) in [5.74, 6) is 2.03. The normalized spacial score (nSPS) is 32.1. The van der Waals surface area contributed by atoms with Gasteiger partial charge in [0.15, 0.2) is 5.78 Å². The second-order valence-corrected chi connectivity index (χ2v) is 5.53. The summed E-state index contributed by atoms with van der Waals surface area (Å²) in [6.07, 6.45) is 13.1. The fourth-order valence-electron chi connectivity index (χ4n) is 3.30. The molecule has 0 N–H and O–H groups in total. The van der Waals surface area contributed by atoms with E-state index in [1.807, 2.05) is 6.08 Å². The van der Waals surface area contributed by atoms with Crippen molar-refractivity contribution in [2.75, 3.05) is 0 Å². The Labute approximate surface area is 99.3 Å². The van der Waals surface area contributed by atoms with Gasteiger partial charge in [-0.25, -0.2) is 0 Å². The first-order valence-corrected chi connectivity index (χ1v) is 7.03. The Hall–Kier alpha value is -0.590. The Morgan fingerprint density at radius 2 is 2.00 bits per heavy atom. The maximum absolute atomic E-state index is 11.6. The van der Waals surface area contributed by atoms with Gasteiger partial charge in [0.2, 0.25) is 0 Å². The largest absolute Gasteiger partial charge is 0.295 e. The highest BCUT2D eigenvalue weighted by Crippen LogP contribution is 2.37. The predicted octanol–water partition coefficient (Wildman–Crippen LogP) is 4.27. The van der Waals surface area contributed by atoms with Gasteiger partial charge in [-0.2, -0.15) is 0 Å². The number of carbonyl (C=O) groups excluding carboxylic acids is 1. The lowest BCUT2D eigenvalue weighted by molar-refractivity contribution is -0.114. The van der Waals surface area contributed by atoms with Crippen molar-refractivity contribution in [2.24, 2.45) is 11.8 Å². The minimum Gasteiger partial charge on any atom is -0.295 e. The summed E-state index contributed by atoms with van der Waals surface area (Å²) in [5.41, 5.74) is 1.49. The minimum atomic E-state index is 0.381. The van der Waals surface area contributed by atoms with Gasteiger partial charge >= 0.3 is 0 Å². The molecule has 0 aromatic heterocycles. The molecule has 0 heterocycles. The van der Waals surface area contributed by atoms with Crippen molar-refractivity contribution in [1.29, 1.82) is 0 Å². The van der Waals surface area contributed by atoms with Crippen LogP contribution in [0, 0.1) is 11.8 Å². The molecule has 2 unspecified atom stereocenters. The molecule has 0 radical (unpaired) electrons. The maximum Gasteiger partial charge on any atom is 0.155 e. The molecule has 0 bridgehead atoms. The van der Waals surface area contributed by atoms with Crippen LogP contribution in [0.3, 0.4) is 0 Å². The first-order valence-electron chi connectivity index (χ1n) is 7.03.